The highest BCUT2D eigenvalue weighted by atomic mass is 32.1. The molecule has 1 N–H and O–H groups in total. The predicted octanol–water partition coefficient (Wildman–Crippen LogP) is 3.17. The summed E-state index contributed by atoms with van der Waals surface area (Å²) < 4.78 is 10.7. The fourth-order valence-corrected chi connectivity index (χ4v) is 6.20. The van der Waals surface area contributed by atoms with E-state index in [1.165, 1.54) is 11.3 Å². The molecule has 132 valence electrons. The van der Waals surface area contributed by atoms with Crippen molar-refractivity contribution in [2.24, 2.45) is 17.3 Å². The summed E-state index contributed by atoms with van der Waals surface area (Å²) in [5, 5.41) is 16.6. The van der Waals surface area contributed by atoms with E-state index in [-0.39, 0.29) is 12.6 Å². The van der Waals surface area contributed by atoms with Crippen LogP contribution in [0.3, 0.4) is 0 Å². The van der Waals surface area contributed by atoms with E-state index in [0.717, 1.165) is 37.0 Å². The number of ether oxygens (including phenoxy) is 1. The van der Waals surface area contributed by atoms with Crippen LogP contribution < -0.4 is 0 Å². The SMILES string of the molecule is O=C(OCc1nc(-c2cccs2)no1)C12CC3CC(CC(O)(C3)C1)C2. The van der Waals surface area contributed by atoms with Crippen LogP contribution in [0.5, 0.6) is 0 Å². The monoisotopic (exact) mass is 360 g/mol. The van der Waals surface area contributed by atoms with Crippen molar-refractivity contribution in [3.8, 4) is 10.7 Å². The molecule has 7 heteroatoms. The summed E-state index contributed by atoms with van der Waals surface area (Å²) in [6.45, 7) is -0.00722. The molecule has 0 aromatic carbocycles. The minimum Gasteiger partial charge on any atom is -0.455 e. The van der Waals surface area contributed by atoms with Gasteiger partial charge in [0.25, 0.3) is 5.89 Å². The molecule has 0 spiro atoms. The highest BCUT2D eigenvalue weighted by Gasteiger charge is 2.60. The standard InChI is InChI=1S/C18H20N2O4S/c21-16(17-5-11-4-12(6-17)8-18(22,7-11)10-17)23-9-14-19-15(20-24-14)13-2-1-3-25-13/h1-3,11-12,22H,4-10H2. The predicted molar refractivity (Wildman–Crippen MR) is 89.5 cm³/mol. The van der Waals surface area contributed by atoms with E-state index in [9.17, 15) is 9.90 Å². The van der Waals surface area contributed by atoms with Gasteiger partial charge in [0.2, 0.25) is 5.82 Å². The minimum atomic E-state index is -0.667. The van der Waals surface area contributed by atoms with Crippen molar-refractivity contribution in [2.75, 3.05) is 0 Å². The van der Waals surface area contributed by atoms with Crippen LogP contribution in [-0.2, 0) is 16.1 Å². The Kier molecular flexibility index (Phi) is 3.34. The normalized spacial score (nSPS) is 35.9. The molecule has 4 fully saturated rings. The number of rotatable bonds is 4. The maximum Gasteiger partial charge on any atom is 0.312 e. The van der Waals surface area contributed by atoms with Gasteiger partial charge in [-0.3, -0.25) is 4.79 Å². The van der Waals surface area contributed by atoms with Crippen molar-refractivity contribution < 1.29 is 19.2 Å². The molecule has 0 saturated heterocycles. The molecule has 2 aromatic rings. The first-order chi connectivity index (χ1) is 12.0. The van der Waals surface area contributed by atoms with Gasteiger partial charge >= 0.3 is 5.97 Å². The molecule has 25 heavy (non-hydrogen) atoms. The second kappa shape index (κ2) is 5.38. The van der Waals surface area contributed by atoms with Gasteiger partial charge in [-0.1, -0.05) is 11.2 Å². The average molecular weight is 360 g/mol. The summed E-state index contributed by atoms with van der Waals surface area (Å²) >= 11 is 1.53. The molecule has 0 radical (unpaired) electrons. The zero-order valence-corrected chi connectivity index (χ0v) is 14.6. The second-order valence-corrected chi connectivity index (χ2v) is 8.98. The van der Waals surface area contributed by atoms with E-state index >= 15 is 0 Å². The molecule has 2 atom stereocenters. The summed E-state index contributed by atoms with van der Waals surface area (Å²) in [6, 6.07) is 3.84. The Hall–Kier alpha value is -1.73. The first-order valence-corrected chi connectivity index (χ1v) is 9.68. The van der Waals surface area contributed by atoms with Gasteiger partial charge in [-0.05, 0) is 61.8 Å². The third-order valence-electron chi connectivity index (χ3n) is 6.00. The molecular formula is C18H20N2O4S. The van der Waals surface area contributed by atoms with Crippen LogP contribution in [-0.4, -0.2) is 26.8 Å². The number of carbonyl (C=O) groups is 1. The Bertz CT molecular complexity index is 786. The van der Waals surface area contributed by atoms with Crippen molar-refractivity contribution >= 4 is 17.3 Å². The Morgan fingerprint density at radius 3 is 2.84 bits per heavy atom. The fraction of sp³-hybridized carbons (Fsp3) is 0.611. The van der Waals surface area contributed by atoms with Crippen LogP contribution in [0, 0.1) is 17.3 Å². The third-order valence-corrected chi connectivity index (χ3v) is 6.87. The molecule has 2 heterocycles. The lowest BCUT2D eigenvalue weighted by Gasteiger charge is -2.58. The summed E-state index contributed by atoms with van der Waals surface area (Å²) in [4.78, 5) is 18.0. The first kappa shape index (κ1) is 15.5. The number of hydrogen-bond donors (Lipinski definition) is 1. The van der Waals surface area contributed by atoms with Crippen molar-refractivity contribution in [1.82, 2.24) is 10.1 Å². The van der Waals surface area contributed by atoms with Gasteiger partial charge in [-0.25, -0.2) is 0 Å². The number of nitrogens with zero attached hydrogens (tertiary/aromatic N) is 2. The van der Waals surface area contributed by atoms with Gasteiger partial charge in [-0.15, -0.1) is 11.3 Å². The quantitative estimate of drug-likeness (QED) is 0.843. The van der Waals surface area contributed by atoms with Gasteiger partial charge in [0.1, 0.15) is 0 Å². The van der Waals surface area contributed by atoms with Crippen LogP contribution in [0.25, 0.3) is 10.7 Å². The maximum atomic E-state index is 12.8. The lowest BCUT2D eigenvalue weighted by atomic mass is 9.48. The molecule has 4 bridgehead atoms. The van der Waals surface area contributed by atoms with Gasteiger partial charge in [-0.2, -0.15) is 4.98 Å². The molecule has 6 rings (SSSR count). The molecule has 4 saturated carbocycles. The largest absolute Gasteiger partial charge is 0.455 e. The Morgan fingerprint density at radius 1 is 1.36 bits per heavy atom. The molecule has 0 aliphatic heterocycles. The minimum absolute atomic E-state index is 0.00722. The molecule has 6 nitrogen and oxygen atoms in total. The lowest BCUT2D eigenvalue weighted by molar-refractivity contribution is -0.197. The fourth-order valence-electron chi connectivity index (χ4n) is 5.55. The van der Waals surface area contributed by atoms with E-state index in [1.807, 2.05) is 17.5 Å². The Morgan fingerprint density at radius 2 is 2.16 bits per heavy atom. The maximum absolute atomic E-state index is 12.8. The molecule has 2 aromatic heterocycles. The number of carbonyl (C=O) groups excluding carboxylic acids is 1. The first-order valence-electron chi connectivity index (χ1n) is 8.80. The van der Waals surface area contributed by atoms with Crippen LogP contribution in [0.4, 0.5) is 0 Å². The van der Waals surface area contributed by atoms with Crippen molar-refractivity contribution in [3.05, 3.63) is 23.4 Å². The zero-order valence-electron chi connectivity index (χ0n) is 13.8. The van der Waals surface area contributed by atoms with Crippen molar-refractivity contribution in [2.45, 2.75) is 50.7 Å². The van der Waals surface area contributed by atoms with Gasteiger partial charge in [0, 0.05) is 0 Å². The number of aromatic nitrogens is 2. The van der Waals surface area contributed by atoms with Gasteiger partial charge < -0.3 is 14.4 Å². The Labute approximate surface area is 149 Å². The topological polar surface area (TPSA) is 85.5 Å². The van der Waals surface area contributed by atoms with E-state index in [1.54, 1.807) is 0 Å². The molecule has 2 unspecified atom stereocenters. The third kappa shape index (κ3) is 2.60. The molecule has 4 aliphatic carbocycles. The van der Waals surface area contributed by atoms with Gasteiger partial charge in [0.15, 0.2) is 6.61 Å². The van der Waals surface area contributed by atoms with Crippen LogP contribution in [0.1, 0.15) is 44.4 Å². The number of aliphatic hydroxyl groups is 1. The summed E-state index contributed by atoms with van der Waals surface area (Å²) in [5.41, 5.74) is -1.19. The summed E-state index contributed by atoms with van der Waals surface area (Å²) in [7, 11) is 0. The van der Waals surface area contributed by atoms with Crippen LogP contribution in [0.15, 0.2) is 22.0 Å². The summed E-state index contributed by atoms with van der Waals surface area (Å²) in [6.07, 6.45) is 5.05. The molecule has 4 aliphatic rings. The second-order valence-electron chi connectivity index (χ2n) is 8.03. The van der Waals surface area contributed by atoms with E-state index in [0.29, 0.717) is 30.0 Å². The molecule has 0 amide bonds. The molecular weight excluding hydrogens is 340 g/mol. The Balaban J connectivity index is 1.28. The van der Waals surface area contributed by atoms with E-state index in [4.69, 9.17) is 9.26 Å². The highest BCUT2D eigenvalue weighted by molar-refractivity contribution is 7.13. The van der Waals surface area contributed by atoms with Crippen molar-refractivity contribution in [1.29, 1.82) is 0 Å². The smallest absolute Gasteiger partial charge is 0.312 e. The van der Waals surface area contributed by atoms with Crippen LogP contribution in [0.2, 0.25) is 0 Å². The zero-order chi connectivity index (χ0) is 17.1. The summed E-state index contributed by atoms with van der Waals surface area (Å²) in [5.74, 6) is 1.52. The van der Waals surface area contributed by atoms with Crippen LogP contribution >= 0.6 is 11.3 Å². The highest BCUT2D eigenvalue weighted by Crippen LogP contribution is 2.62. The van der Waals surface area contributed by atoms with Gasteiger partial charge in [0.05, 0.1) is 15.9 Å². The number of esters is 1. The van der Waals surface area contributed by atoms with E-state index in [2.05, 4.69) is 10.1 Å². The lowest BCUT2D eigenvalue weighted by Crippen LogP contribution is -2.58. The number of thiophene rings is 1. The van der Waals surface area contributed by atoms with Crippen molar-refractivity contribution in [3.63, 3.8) is 0 Å². The van der Waals surface area contributed by atoms with E-state index < -0.39 is 11.0 Å². The average Bonchev–Trinajstić information content (AvgIpc) is 3.21. The number of hydrogen-bond acceptors (Lipinski definition) is 7.